The quantitative estimate of drug-likeness (QED) is 0.584. The Morgan fingerprint density at radius 2 is 1.88 bits per heavy atom. The highest BCUT2D eigenvalue weighted by Crippen LogP contribution is 2.31. The summed E-state index contributed by atoms with van der Waals surface area (Å²) in [6, 6.07) is 8.85. The lowest BCUT2D eigenvalue weighted by Crippen LogP contribution is -2.15. The maximum absolute atomic E-state index is 12.5. The van der Waals surface area contributed by atoms with Gasteiger partial charge in [0.05, 0.1) is 23.8 Å². The molecule has 0 unspecified atom stereocenters. The number of hydrogen-bond acceptors (Lipinski definition) is 5. The van der Waals surface area contributed by atoms with Crippen molar-refractivity contribution in [2.75, 3.05) is 18.5 Å². The van der Waals surface area contributed by atoms with Crippen LogP contribution in [0.2, 0.25) is 5.02 Å². The largest absolute Gasteiger partial charge is 0.494 e. The van der Waals surface area contributed by atoms with E-state index in [1.165, 1.54) is 12.1 Å². The summed E-state index contributed by atoms with van der Waals surface area (Å²) in [7, 11) is 0. The van der Waals surface area contributed by atoms with Gasteiger partial charge in [0.15, 0.2) is 0 Å². The molecule has 0 heterocycles. The van der Waals surface area contributed by atoms with Gasteiger partial charge in [-0.2, -0.15) is 0 Å². The Kier molecular flexibility index (Phi) is 6.19. The second kappa shape index (κ2) is 8.34. The van der Waals surface area contributed by atoms with Gasteiger partial charge in [-0.25, -0.2) is 0 Å². The van der Waals surface area contributed by atoms with Crippen molar-refractivity contribution < 1.29 is 19.2 Å². The summed E-state index contributed by atoms with van der Waals surface area (Å²) in [5.74, 6) is 0.348. The lowest BCUT2D eigenvalue weighted by Gasteiger charge is -2.13. The lowest BCUT2D eigenvalue weighted by molar-refractivity contribution is -0.385. The molecule has 0 fully saturated rings. The minimum absolute atomic E-state index is 0.0985. The maximum atomic E-state index is 12.5. The summed E-state index contributed by atoms with van der Waals surface area (Å²) in [6.45, 7) is 4.51. The molecule has 0 aliphatic heterocycles. The van der Waals surface area contributed by atoms with Gasteiger partial charge >= 0.3 is 0 Å². The molecule has 0 atom stereocenters. The highest BCUT2D eigenvalue weighted by Gasteiger charge is 2.21. The molecule has 1 amide bonds. The fourth-order valence-electron chi connectivity index (χ4n) is 2.18. The first-order valence-corrected chi connectivity index (χ1v) is 7.99. The molecular weight excluding hydrogens is 348 g/mol. The van der Waals surface area contributed by atoms with Crippen molar-refractivity contribution in [3.05, 3.63) is 57.1 Å². The minimum Gasteiger partial charge on any atom is -0.494 e. The van der Waals surface area contributed by atoms with Gasteiger partial charge in [-0.05, 0) is 38.1 Å². The number of halogens is 1. The van der Waals surface area contributed by atoms with Crippen LogP contribution in [0.3, 0.4) is 0 Å². The SMILES string of the molecule is CCOc1ccc(OCC)c(NC(=O)c2ccc(Cl)cc2[N+](=O)[O-])c1. The van der Waals surface area contributed by atoms with Crippen molar-refractivity contribution in [3.63, 3.8) is 0 Å². The Morgan fingerprint density at radius 1 is 1.16 bits per heavy atom. The van der Waals surface area contributed by atoms with E-state index in [4.69, 9.17) is 21.1 Å². The summed E-state index contributed by atoms with van der Waals surface area (Å²) < 4.78 is 10.9. The van der Waals surface area contributed by atoms with E-state index in [-0.39, 0.29) is 16.3 Å². The number of ether oxygens (including phenoxy) is 2. The number of carbonyl (C=O) groups excluding carboxylic acids is 1. The van der Waals surface area contributed by atoms with Crippen LogP contribution in [0.5, 0.6) is 11.5 Å². The molecule has 25 heavy (non-hydrogen) atoms. The highest BCUT2D eigenvalue weighted by molar-refractivity contribution is 6.31. The first-order chi connectivity index (χ1) is 12.0. The standard InChI is InChI=1S/C17H17ClN2O5/c1-3-24-12-6-8-16(25-4-2)14(10-12)19-17(21)13-7-5-11(18)9-15(13)20(22)23/h5-10H,3-4H2,1-2H3,(H,19,21). The molecule has 2 rings (SSSR count). The molecule has 0 aliphatic carbocycles. The molecule has 0 aromatic heterocycles. The molecule has 0 saturated heterocycles. The van der Waals surface area contributed by atoms with E-state index >= 15 is 0 Å². The predicted molar refractivity (Wildman–Crippen MR) is 94.8 cm³/mol. The first kappa shape index (κ1) is 18.5. The summed E-state index contributed by atoms with van der Waals surface area (Å²) in [6.07, 6.45) is 0. The number of nitro groups is 1. The summed E-state index contributed by atoms with van der Waals surface area (Å²) in [5.41, 5.74) is -0.107. The zero-order chi connectivity index (χ0) is 18.4. The van der Waals surface area contributed by atoms with Gasteiger partial charge in [-0.15, -0.1) is 0 Å². The number of carbonyl (C=O) groups is 1. The molecule has 0 spiro atoms. The van der Waals surface area contributed by atoms with Crippen LogP contribution in [0.25, 0.3) is 0 Å². The number of amides is 1. The summed E-state index contributed by atoms with van der Waals surface area (Å²) >= 11 is 5.78. The fourth-order valence-corrected chi connectivity index (χ4v) is 2.35. The molecule has 2 aromatic rings. The number of rotatable bonds is 7. The van der Waals surface area contributed by atoms with Gasteiger partial charge in [-0.3, -0.25) is 14.9 Å². The zero-order valence-corrected chi connectivity index (χ0v) is 14.5. The molecule has 0 radical (unpaired) electrons. The number of benzene rings is 2. The molecule has 2 aromatic carbocycles. The van der Waals surface area contributed by atoms with Crippen LogP contribution in [0.15, 0.2) is 36.4 Å². The molecule has 8 heteroatoms. The van der Waals surface area contributed by atoms with Crippen molar-refractivity contribution in [2.45, 2.75) is 13.8 Å². The first-order valence-electron chi connectivity index (χ1n) is 7.61. The van der Waals surface area contributed by atoms with Crippen molar-refractivity contribution in [1.82, 2.24) is 0 Å². The minimum atomic E-state index is -0.652. The maximum Gasteiger partial charge on any atom is 0.283 e. The third kappa shape index (κ3) is 4.60. The normalized spacial score (nSPS) is 10.2. The number of nitrogens with zero attached hydrogens (tertiary/aromatic N) is 1. The van der Waals surface area contributed by atoms with Crippen LogP contribution in [0, 0.1) is 10.1 Å². The van der Waals surface area contributed by atoms with E-state index in [1.807, 2.05) is 13.8 Å². The van der Waals surface area contributed by atoms with E-state index in [2.05, 4.69) is 5.32 Å². The van der Waals surface area contributed by atoms with Crippen molar-refractivity contribution in [3.8, 4) is 11.5 Å². The van der Waals surface area contributed by atoms with Crippen LogP contribution >= 0.6 is 11.6 Å². The second-order valence-electron chi connectivity index (χ2n) is 4.90. The van der Waals surface area contributed by atoms with E-state index in [9.17, 15) is 14.9 Å². The van der Waals surface area contributed by atoms with Crippen LogP contribution in [0.4, 0.5) is 11.4 Å². The Labute approximate surface area is 149 Å². The third-order valence-corrected chi connectivity index (χ3v) is 3.45. The van der Waals surface area contributed by atoms with Crippen molar-refractivity contribution >= 4 is 28.9 Å². The Hall–Kier alpha value is -2.80. The molecule has 0 saturated carbocycles. The van der Waals surface area contributed by atoms with Gasteiger partial charge in [0, 0.05) is 17.2 Å². The average Bonchev–Trinajstić information content (AvgIpc) is 2.57. The van der Waals surface area contributed by atoms with Crippen LogP contribution in [-0.2, 0) is 0 Å². The van der Waals surface area contributed by atoms with Gasteiger partial charge in [0.25, 0.3) is 11.6 Å². The highest BCUT2D eigenvalue weighted by atomic mass is 35.5. The van der Waals surface area contributed by atoms with Crippen molar-refractivity contribution in [2.24, 2.45) is 0 Å². The van der Waals surface area contributed by atoms with E-state index in [0.717, 1.165) is 6.07 Å². The van der Waals surface area contributed by atoms with E-state index < -0.39 is 10.8 Å². The Morgan fingerprint density at radius 3 is 2.52 bits per heavy atom. The topological polar surface area (TPSA) is 90.7 Å². The zero-order valence-electron chi connectivity index (χ0n) is 13.7. The Bertz CT molecular complexity index is 795. The monoisotopic (exact) mass is 364 g/mol. The van der Waals surface area contributed by atoms with Gasteiger partial charge in [0.1, 0.15) is 17.1 Å². The molecule has 132 valence electrons. The fraction of sp³-hybridized carbons (Fsp3) is 0.235. The number of nitrogens with one attached hydrogen (secondary N) is 1. The number of nitro benzene ring substituents is 1. The average molecular weight is 365 g/mol. The third-order valence-electron chi connectivity index (χ3n) is 3.21. The molecule has 0 bridgehead atoms. The predicted octanol–water partition coefficient (Wildman–Crippen LogP) is 4.30. The number of hydrogen-bond donors (Lipinski definition) is 1. The van der Waals surface area contributed by atoms with Crippen LogP contribution in [0.1, 0.15) is 24.2 Å². The van der Waals surface area contributed by atoms with E-state index in [0.29, 0.717) is 30.4 Å². The molecular formula is C17H17ClN2O5. The smallest absolute Gasteiger partial charge is 0.283 e. The van der Waals surface area contributed by atoms with E-state index in [1.54, 1.807) is 18.2 Å². The van der Waals surface area contributed by atoms with Gasteiger partial charge < -0.3 is 14.8 Å². The molecule has 0 aliphatic rings. The lowest BCUT2D eigenvalue weighted by atomic mass is 10.1. The second-order valence-corrected chi connectivity index (χ2v) is 5.33. The molecule has 1 N–H and O–H groups in total. The Balaban J connectivity index is 2.37. The summed E-state index contributed by atoms with van der Waals surface area (Å²) in [4.78, 5) is 23.0. The number of anilines is 1. The van der Waals surface area contributed by atoms with Gasteiger partial charge in [0.2, 0.25) is 0 Å². The van der Waals surface area contributed by atoms with Crippen LogP contribution in [-0.4, -0.2) is 24.0 Å². The molecule has 7 nitrogen and oxygen atoms in total. The van der Waals surface area contributed by atoms with Gasteiger partial charge in [-0.1, -0.05) is 11.6 Å². The van der Waals surface area contributed by atoms with Crippen LogP contribution < -0.4 is 14.8 Å². The van der Waals surface area contributed by atoms with Crippen molar-refractivity contribution in [1.29, 1.82) is 0 Å². The summed E-state index contributed by atoms with van der Waals surface area (Å²) in [5, 5.41) is 14.0.